The van der Waals surface area contributed by atoms with Crippen molar-refractivity contribution in [3.8, 4) is 0 Å². The maximum absolute atomic E-state index is 12.6. The van der Waals surface area contributed by atoms with Crippen LogP contribution in [0.2, 0.25) is 0 Å². The SMILES string of the molecule is Cc1cc(C)c(C(=O)Nc2ccc(N3CCCCC3=O)cc2)c(C)c1. The van der Waals surface area contributed by atoms with Crippen LogP contribution in [0, 0.1) is 20.8 Å². The summed E-state index contributed by atoms with van der Waals surface area (Å²) >= 11 is 0. The van der Waals surface area contributed by atoms with Gasteiger partial charge in [-0.15, -0.1) is 0 Å². The Morgan fingerprint density at radius 2 is 1.64 bits per heavy atom. The van der Waals surface area contributed by atoms with Gasteiger partial charge in [0.15, 0.2) is 0 Å². The van der Waals surface area contributed by atoms with Crippen LogP contribution in [0.25, 0.3) is 0 Å². The lowest BCUT2D eigenvalue weighted by atomic mass is 9.99. The first-order valence-electron chi connectivity index (χ1n) is 8.75. The molecule has 0 unspecified atom stereocenters. The predicted molar refractivity (Wildman–Crippen MR) is 101 cm³/mol. The Bertz CT molecular complexity index is 786. The van der Waals surface area contributed by atoms with E-state index in [0.717, 1.165) is 53.0 Å². The summed E-state index contributed by atoms with van der Waals surface area (Å²) in [5.74, 6) is 0.0748. The summed E-state index contributed by atoms with van der Waals surface area (Å²) in [6.45, 7) is 6.72. The molecule has 3 rings (SSSR count). The van der Waals surface area contributed by atoms with Crippen molar-refractivity contribution in [2.45, 2.75) is 40.0 Å². The molecule has 0 spiro atoms. The van der Waals surface area contributed by atoms with Gasteiger partial charge < -0.3 is 10.2 Å². The Hall–Kier alpha value is -2.62. The normalized spacial score (nSPS) is 14.5. The first-order valence-corrected chi connectivity index (χ1v) is 8.75. The van der Waals surface area contributed by atoms with Crippen LogP contribution in [0.15, 0.2) is 36.4 Å². The molecular formula is C21H24N2O2. The van der Waals surface area contributed by atoms with Crippen molar-refractivity contribution in [2.75, 3.05) is 16.8 Å². The summed E-state index contributed by atoms with van der Waals surface area (Å²) < 4.78 is 0. The molecular weight excluding hydrogens is 312 g/mol. The maximum Gasteiger partial charge on any atom is 0.256 e. The molecule has 2 aromatic rings. The van der Waals surface area contributed by atoms with Gasteiger partial charge >= 0.3 is 0 Å². The molecule has 1 saturated heterocycles. The number of nitrogens with zero attached hydrogens (tertiary/aromatic N) is 1. The van der Waals surface area contributed by atoms with Gasteiger partial charge in [-0.25, -0.2) is 0 Å². The lowest BCUT2D eigenvalue weighted by Gasteiger charge is -2.26. The minimum atomic E-state index is -0.100. The number of hydrogen-bond donors (Lipinski definition) is 1. The second-order valence-corrected chi connectivity index (χ2v) is 6.78. The number of hydrogen-bond acceptors (Lipinski definition) is 2. The number of amides is 2. The van der Waals surface area contributed by atoms with Crippen molar-refractivity contribution in [1.29, 1.82) is 0 Å². The fourth-order valence-corrected chi connectivity index (χ4v) is 3.54. The number of carbonyl (C=O) groups is 2. The molecule has 4 heteroatoms. The van der Waals surface area contributed by atoms with E-state index in [0.29, 0.717) is 6.42 Å². The fourth-order valence-electron chi connectivity index (χ4n) is 3.54. The first-order chi connectivity index (χ1) is 12.0. The van der Waals surface area contributed by atoms with Crippen molar-refractivity contribution < 1.29 is 9.59 Å². The number of piperidine rings is 1. The highest BCUT2D eigenvalue weighted by molar-refractivity contribution is 6.06. The van der Waals surface area contributed by atoms with Gasteiger partial charge in [0.05, 0.1) is 0 Å². The second-order valence-electron chi connectivity index (χ2n) is 6.78. The van der Waals surface area contributed by atoms with E-state index in [2.05, 4.69) is 5.32 Å². The summed E-state index contributed by atoms with van der Waals surface area (Å²) in [7, 11) is 0. The van der Waals surface area contributed by atoms with E-state index in [9.17, 15) is 9.59 Å². The molecule has 0 bridgehead atoms. The van der Waals surface area contributed by atoms with Crippen molar-refractivity contribution in [3.05, 3.63) is 58.7 Å². The minimum Gasteiger partial charge on any atom is -0.322 e. The van der Waals surface area contributed by atoms with Crippen LogP contribution >= 0.6 is 0 Å². The molecule has 0 atom stereocenters. The zero-order chi connectivity index (χ0) is 18.0. The third-order valence-electron chi connectivity index (χ3n) is 4.66. The second kappa shape index (κ2) is 7.09. The largest absolute Gasteiger partial charge is 0.322 e. The molecule has 1 aliphatic rings. The van der Waals surface area contributed by atoms with Crippen molar-refractivity contribution in [2.24, 2.45) is 0 Å². The average Bonchev–Trinajstić information content (AvgIpc) is 2.55. The van der Waals surface area contributed by atoms with Gasteiger partial charge in [-0.05, 0) is 69.0 Å². The lowest BCUT2D eigenvalue weighted by molar-refractivity contribution is -0.119. The molecule has 4 nitrogen and oxygen atoms in total. The van der Waals surface area contributed by atoms with Gasteiger partial charge in [0.2, 0.25) is 5.91 Å². The van der Waals surface area contributed by atoms with Crippen LogP contribution in [-0.4, -0.2) is 18.4 Å². The first kappa shape index (κ1) is 17.2. The van der Waals surface area contributed by atoms with E-state index < -0.39 is 0 Å². The van der Waals surface area contributed by atoms with E-state index >= 15 is 0 Å². The Morgan fingerprint density at radius 3 is 2.24 bits per heavy atom. The molecule has 1 N–H and O–H groups in total. The van der Waals surface area contributed by atoms with Gasteiger partial charge in [0.1, 0.15) is 0 Å². The molecule has 1 heterocycles. The van der Waals surface area contributed by atoms with Crippen LogP contribution in [-0.2, 0) is 4.79 Å². The summed E-state index contributed by atoms with van der Waals surface area (Å²) in [6.07, 6.45) is 2.62. The predicted octanol–water partition coefficient (Wildman–Crippen LogP) is 4.38. The van der Waals surface area contributed by atoms with Crippen LogP contribution in [0.1, 0.15) is 46.3 Å². The Labute approximate surface area is 148 Å². The highest BCUT2D eigenvalue weighted by atomic mass is 16.2. The van der Waals surface area contributed by atoms with Crippen LogP contribution in [0.5, 0.6) is 0 Å². The topological polar surface area (TPSA) is 49.4 Å². The third-order valence-corrected chi connectivity index (χ3v) is 4.66. The standard InChI is InChI=1S/C21H24N2O2/c1-14-12-15(2)20(16(3)13-14)21(25)22-17-7-9-18(10-8-17)23-11-5-4-6-19(23)24/h7-10,12-13H,4-6,11H2,1-3H3,(H,22,25). The lowest BCUT2D eigenvalue weighted by Crippen LogP contribution is -2.35. The number of anilines is 2. The monoisotopic (exact) mass is 336 g/mol. The fraction of sp³-hybridized carbons (Fsp3) is 0.333. The number of nitrogens with one attached hydrogen (secondary N) is 1. The van der Waals surface area contributed by atoms with E-state index in [1.54, 1.807) is 0 Å². The number of carbonyl (C=O) groups excluding carboxylic acids is 2. The minimum absolute atomic E-state index is 0.100. The molecule has 25 heavy (non-hydrogen) atoms. The molecule has 0 radical (unpaired) electrons. The zero-order valence-corrected chi connectivity index (χ0v) is 15.1. The Kier molecular flexibility index (Phi) is 4.88. The van der Waals surface area contributed by atoms with Gasteiger partial charge in [-0.3, -0.25) is 9.59 Å². The molecule has 2 aromatic carbocycles. The maximum atomic E-state index is 12.6. The van der Waals surface area contributed by atoms with E-state index in [1.165, 1.54) is 0 Å². The zero-order valence-electron chi connectivity index (χ0n) is 15.1. The highest BCUT2D eigenvalue weighted by Crippen LogP contribution is 2.24. The molecule has 130 valence electrons. The van der Waals surface area contributed by atoms with Crippen molar-refractivity contribution >= 4 is 23.2 Å². The third kappa shape index (κ3) is 3.73. The molecule has 0 aliphatic carbocycles. The number of rotatable bonds is 3. The molecule has 0 aromatic heterocycles. The summed E-state index contributed by atoms with van der Waals surface area (Å²) in [6, 6.07) is 11.5. The number of aryl methyl sites for hydroxylation is 3. The average molecular weight is 336 g/mol. The van der Waals surface area contributed by atoms with E-state index in [1.807, 2.05) is 62.1 Å². The Balaban J connectivity index is 1.75. The van der Waals surface area contributed by atoms with Crippen LogP contribution in [0.3, 0.4) is 0 Å². The van der Waals surface area contributed by atoms with E-state index in [-0.39, 0.29) is 11.8 Å². The van der Waals surface area contributed by atoms with Crippen LogP contribution in [0.4, 0.5) is 11.4 Å². The smallest absolute Gasteiger partial charge is 0.256 e. The molecule has 0 saturated carbocycles. The summed E-state index contributed by atoms with van der Waals surface area (Å²) in [5, 5.41) is 2.96. The van der Waals surface area contributed by atoms with Crippen LogP contribution < -0.4 is 10.2 Å². The van der Waals surface area contributed by atoms with Gasteiger partial charge in [-0.2, -0.15) is 0 Å². The molecule has 1 aliphatic heterocycles. The van der Waals surface area contributed by atoms with E-state index in [4.69, 9.17) is 0 Å². The van der Waals surface area contributed by atoms with Crippen molar-refractivity contribution in [1.82, 2.24) is 0 Å². The van der Waals surface area contributed by atoms with Gasteiger partial charge in [0, 0.05) is 29.9 Å². The quantitative estimate of drug-likeness (QED) is 0.904. The van der Waals surface area contributed by atoms with Gasteiger partial charge in [0.25, 0.3) is 5.91 Å². The van der Waals surface area contributed by atoms with Gasteiger partial charge in [-0.1, -0.05) is 17.7 Å². The van der Waals surface area contributed by atoms with Crippen molar-refractivity contribution in [3.63, 3.8) is 0 Å². The Morgan fingerprint density at radius 1 is 1.00 bits per heavy atom. The summed E-state index contributed by atoms with van der Waals surface area (Å²) in [4.78, 5) is 26.5. The number of benzene rings is 2. The molecule has 2 amide bonds. The summed E-state index contributed by atoms with van der Waals surface area (Å²) in [5.41, 5.74) is 5.46. The molecule has 1 fully saturated rings. The highest BCUT2D eigenvalue weighted by Gasteiger charge is 2.19.